The van der Waals surface area contributed by atoms with Gasteiger partial charge < -0.3 is 5.32 Å². The summed E-state index contributed by atoms with van der Waals surface area (Å²) in [6.07, 6.45) is 1.82. The Labute approximate surface area is 140 Å². The largest absolute Gasteiger partial charge is 0.352 e. The Morgan fingerprint density at radius 2 is 2.04 bits per heavy atom. The van der Waals surface area contributed by atoms with E-state index in [0.29, 0.717) is 6.54 Å². The smallest absolute Gasteiger partial charge is 0.238 e. The predicted molar refractivity (Wildman–Crippen MR) is 86.6 cm³/mol. The van der Waals surface area contributed by atoms with Crippen LogP contribution in [0.5, 0.6) is 0 Å². The molecule has 0 saturated heterocycles. The number of nitrogens with one attached hydrogen (secondary N) is 1. The van der Waals surface area contributed by atoms with E-state index in [1.807, 2.05) is 30.3 Å². The lowest BCUT2D eigenvalue weighted by Crippen LogP contribution is -2.39. The van der Waals surface area contributed by atoms with Gasteiger partial charge in [0.05, 0.1) is 6.54 Å². The maximum absolute atomic E-state index is 12.5. The third-order valence-electron chi connectivity index (χ3n) is 3.94. The van der Waals surface area contributed by atoms with Crippen molar-refractivity contribution in [2.45, 2.75) is 43.4 Å². The van der Waals surface area contributed by atoms with E-state index in [0.717, 1.165) is 18.4 Å². The first-order valence-electron chi connectivity index (χ1n) is 7.76. The highest BCUT2D eigenvalue weighted by molar-refractivity contribution is 7.92. The van der Waals surface area contributed by atoms with Crippen LogP contribution >= 0.6 is 0 Å². The molecule has 1 aromatic heterocycles. The van der Waals surface area contributed by atoms with Crippen molar-refractivity contribution >= 4 is 15.7 Å². The van der Waals surface area contributed by atoms with Gasteiger partial charge in [0, 0.05) is 6.04 Å². The first-order chi connectivity index (χ1) is 11.5. The maximum Gasteiger partial charge on any atom is 0.238 e. The number of amides is 1. The lowest BCUT2D eigenvalue weighted by molar-refractivity contribution is -0.120. The highest BCUT2D eigenvalue weighted by atomic mass is 32.2. The van der Waals surface area contributed by atoms with Gasteiger partial charge in [-0.3, -0.25) is 4.79 Å². The molecule has 24 heavy (non-hydrogen) atoms. The van der Waals surface area contributed by atoms with Crippen molar-refractivity contribution in [2.24, 2.45) is 0 Å². The predicted octanol–water partition coefficient (Wildman–Crippen LogP) is 0.303. The molecule has 1 aliphatic rings. The molecule has 1 N–H and O–H groups in total. The van der Waals surface area contributed by atoms with Crippen molar-refractivity contribution in [3.8, 4) is 0 Å². The highest BCUT2D eigenvalue weighted by Gasteiger charge is 2.33. The number of aromatic nitrogens is 4. The Bertz CT molecular complexity index is 815. The fourth-order valence-electron chi connectivity index (χ4n) is 2.22. The van der Waals surface area contributed by atoms with Crippen molar-refractivity contribution in [3.63, 3.8) is 0 Å². The molecule has 1 aromatic carbocycles. The molecule has 3 rings (SSSR count). The topological polar surface area (TPSA) is 107 Å². The Hall–Kier alpha value is -2.29. The molecule has 128 valence electrons. The van der Waals surface area contributed by atoms with Crippen molar-refractivity contribution in [2.75, 3.05) is 0 Å². The van der Waals surface area contributed by atoms with Crippen molar-refractivity contribution in [1.82, 2.24) is 25.5 Å². The SMILES string of the molecule is C[C@@H](C(=O)NC1CC1)S(=O)(=O)Cc1nnnn1Cc1ccccc1. The van der Waals surface area contributed by atoms with Gasteiger partial charge in [-0.2, -0.15) is 0 Å². The highest BCUT2D eigenvalue weighted by Crippen LogP contribution is 2.20. The van der Waals surface area contributed by atoms with Crippen LogP contribution in [-0.2, 0) is 26.9 Å². The molecule has 1 fully saturated rings. The lowest BCUT2D eigenvalue weighted by atomic mass is 10.2. The molecule has 0 spiro atoms. The minimum Gasteiger partial charge on any atom is -0.352 e. The van der Waals surface area contributed by atoms with E-state index in [4.69, 9.17) is 0 Å². The molecule has 0 aliphatic heterocycles. The van der Waals surface area contributed by atoms with E-state index in [9.17, 15) is 13.2 Å². The van der Waals surface area contributed by atoms with E-state index in [-0.39, 0.29) is 17.6 Å². The number of hydrogen-bond acceptors (Lipinski definition) is 6. The number of sulfone groups is 1. The second-order valence-electron chi connectivity index (χ2n) is 5.97. The van der Waals surface area contributed by atoms with Crippen LogP contribution in [0.25, 0.3) is 0 Å². The second kappa shape index (κ2) is 6.68. The summed E-state index contributed by atoms with van der Waals surface area (Å²) in [5, 5.41) is 12.8. The quantitative estimate of drug-likeness (QED) is 0.771. The van der Waals surface area contributed by atoms with Gasteiger partial charge in [-0.15, -0.1) is 5.10 Å². The molecule has 8 nitrogen and oxygen atoms in total. The summed E-state index contributed by atoms with van der Waals surface area (Å²) in [5.74, 6) is -0.601. The van der Waals surface area contributed by atoms with E-state index in [1.165, 1.54) is 11.6 Å². The van der Waals surface area contributed by atoms with E-state index in [2.05, 4.69) is 20.8 Å². The van der Waals surface area contributed by atoms with Gasteiger partial charge in [0.25, 0.3) is 0 Å². The zero-order valence-corrected chi connectivity index (χ0v) is 14.1. The number of benzene rings is 1. The molecular weight excluding hydrogens is 330 g/mol. The third kappa shape index (κ3) is 3.97. The number of hydrogen-bond donors (Lipinski definition) is 1. The standard InChI is InChI=1S/C15H19N5O3S/c1-11(15(21)16-13-7-8-13)24(22,23)10-14-17-18-19-20(14)9-12-5-3-2-4-6-12/h2-6,11,13H,7-10H2,1H3,(H,16,21)/t11-/m0/s1. The van der Waals surface area contributed by atoms with Crippen LogP contribution in [0.15, 0.2) is 30.3 Å². The fourth-order valence-corrected chi connectivity index (χ4v) is 3.43. The zero-order chi connectivity index (χ0) is 17.2. The summed E-state index contributed by atoms with van der Waals surface area (Å²) in [4.78, 5) is 12.0. The molecule has 9 heteroatoms. The van der Waals surface area contributed by atoms with E-state index >= 15 is 0 Å². The summed E-state index contributed by atoms with van der Waals surface area (Å²) in [6, 6.07) is 9.62. The van der Waals surface area contributed by atoms with Gasteiger partial charge in [-0.1, -0.05) is 30.3 Å². The summed E-state index contributed by atoms with van der Waals surface area (Å²) in [6.45, 7) is 1.78. The van der Waals surface area contributed by atoms with Crippen LogP contribution in [0.1, 0.15) is 31.2 Å². The maximum atomic E-state index is 12.5. The van der Waals surface area contributed by atoms with Gasteiger partial charge in [-0.25, -0.2) is 13.1 Å². The summed E-state index contributed by atoms with van der Waals surface area (Å²) in [7, 11) is -3.69. The Morgan fingerprint density at radius 3 is 2.71 bits per heavy atom. The first kappa shape index (κ1) is 16.6. The normalized spacial score (nSPS) is 15.9. The fraction of sp³-hybridized carbons (Fsp3) is 0.467. The van der Waals surface area contributed by atoms with Crippen molar-refractivity contribution in [1.29, 1.82) is 0 Å². The minimum absolute atomic E-state index is 0.124. The zero-order valence-electron chi connectivity index (χ0n) is 13.3. The van der Waals surface area contributed by atoms with Crippen LogP contribution < -0.4 is 5.32 Å². The monoisotopic (exact) mass is 349 g/mol. The van der Waals surface area contributed by atoms with E-state index < -0.39 is 21.0 Å². The van der Waals surface area contributed by atoms with Gasteiger partial charge in [-0.05, 0) is 35.8 Å². The van der Waals surface area contributed by atoms with Crippen LogP contribution in [0.2, 0.25) is 0 Å². The molecule has 2 aromatic rings. The summed E-state index contributed by atoms with van der Waals surface area (Å²) >= 11 is 0. The van der Waals surface area contributed by atoms with Gasteiger partial charge in [0.1, 0.15) is 11.0 Å². The summed E-state index contributed by atoms with van der Waals surface area (Å²) < 4.78 is 26.4. The van der Waals surface area contributed by atoms with Gasteiger partial charge >= 0.3 is 0 Å². The van der Waals surface area contributed by atoms with Gasteiger partial charge in [0.15, 0.2) is 15.7 Å². The van der Waals surface area contributed by atoms with Crippen LogP contribution in [0.4, 0.5) is 0 Å². The number of carbonyl (C=O) groups is 1. The molecule has 1 atom stereocenters. The second-order valence-corrected chi connectivity index (χ2v) is 8.29. The molecule has 1 amide bonds. The Balaban J connectivity index is 1.71. The van der Waals surface area contributed by atoms with E-state index in [1.54, 1.807) is 0 Å². The molecule has 1 aliphatic carbocycles. The lowest BCUT2D eigenvalue weighted by Gasteiger charge is -2.12. The number of nitrogens with zero attached hydrogens (tertiary/aromatic N) is 4. The molecule has 0 bridgehead atoms. The minimum atomic E-state index is -3.69. The van der Waals surface area contributed by atoms with Crippen LogP contribution in [0, 0.1) is 0 Å². The van der Waals surface area contributed by atoms with Crippen LogP contribution in [0.3, 0.4) is 0 Å². The molecular formula is C15H19N5O3S. The Morgan fingerprint density at radius 1 is 1.33 bits per heavy atom. The van der Waals surface area contributed by atoms with Gasteiger partial charge in [0.2, 0.25) is 5.91 Å². The third-order valence-corrected chi connectivity index (χ3v) is 5.90. The molecule has 0 unspecified atom stereocenters. The average Bonchev–Trinajstić information content (AvgIpc) is 3.27. The molecule has 1 heterocycles. The molecule has 0 radical (unpaired) electrons. The number of carbonyl (C=O) groups excluding carboxylic acids is 1. The number of tetrazole rings is 1. The first-order valence-corrected chi connectivity index (χ1v) is 9.48. The Kier molecular flexibility index (Phi) is 4.61. The number of rotatable bonds is 7. The van der Waals surface area contributed by atoms with Crippen molar-refractivity contribution in [3.05, 3.63) is 41.7 Å². The van der Waals surface area contributed by atoms with Crippen LogP contribution in [-0.4, -0.2) is 45.8 Å². The molecule has 1 saturated carbocycles. The summed E-state index contributed by atoms with van der Waals surface area (Å²) in [5.41, 5.74) is 0.961. The van der Waals surface area contributed by atoms with Crippen molar-refractivity contribution < 1.29 is 13.2 Å². The average molecular weight is 349 g/mol.